The molecule has 2 aromatic carbocycles. The molecule has 2 aromatic rings. The first kappa shape index (κ1) is 19.6. The summed E-state index contributed by atoms with van der Waals surface area (Å²) in [6.45, 7) is 0. The second-order valence-electron chi connectivity index (χ2n) is 5.91. The van der Waals surface area contributed by atoms with Crippen LogP contribution in [-0.4, -0.2) is 25.9 Å². The summed E-state index contributed by atoms with van der Waals surface area (Å²) in [6.07, 6.45) is -2.97. The summed E-state index contributed by atoms with van der Waals surface area (Å²) in [5.41, 5.74) is -4.30. The van der Waals surface area contributed by atoms with Gasteiger partial charge in [0.1, 0.15) is 6.34 Å². The highest BCUT2D eigenvalue weighted by molar-refractivity contribution is 7.90. The highest BCUT2D eigenvalue weighted by Gasteiger charge is 2.45. The Labute approximate surface area is 156 Å². The number of alkyl halides is 3. The lowest BCUT2D eigenvalue weighted by atomic mass is 9.88. The van der Waals surface area contributed by atoms with Crippen LogP contribution in [0.1, 0.15) is 16.7 Å². The van der Waals surface area contributed by atoms with Gasteiger partial charge in [0.05, 0.1) is 15.4 Å². The average Bonchev–Trinajstić information content (AvgIpc) is 3.10. The van der Waals surface area contributed by atoms with Crippen molar-refractivity contribution >= 4 is 21.9 Å². The van der Waals surface area contributed by atoms with Crippen molar-refractivity contribution in [1.82, 2.24) is 0 Å². The number of sulfone groups is 1. The molecule has 12 heteroatoms. The fraction of sp³-hybridized carbons (Fsp3) is 0.188. The summed E-state index contributed by atoms with van der Waals surface area (Å²) in [5, 5.41) is 18.3. The van der Waals surface area contributed by atoms with Crippen molar-refractivity contribution in [1.29, 1.82) is 0 Å². The van der Waals surface area contributed by atoms with Crippen LogP contribution in [0, 0.1) is 10.1 Å². The first-order valence-electron chi connectivity index (χ1n) is 7.57. The van der Waals surface area contributed by atoms with Gasteiger partial charge >= 0.3 is 6.18 Å². The lowest BCUT2D eigenvalue weighted by Gasteiger charge is -2.26. The molecule has 146 valence electrons. The minimum atomic E-state index is -4.92. The number of non-ortho nitro benzene ring substituents is 1. The van der Waals surface area contributed by atoms with Crippen LogP contribution in [0.5, 0.6) is 0 Å². The minimum absolute atomic E-state index is 0.0370. The maximum absolute atomic E-state index is 13.6. The first-order valence-corrected chi connectivity index (χ1v) is 9.47. The number of nitro benzene ring substituents is 1. The van der Waals surface area contributed by atoms with Gasteiger partial charge in [-0.05, 0) is 18.2 Å². The van der Waals surface area contributed by atoms with E-state index in [9.17, 15) is 31.7 Å². The van der Waals surface area contributed by atoms with Gasteiger partial charge in [-0.25, -0.2) is 13.4 Å². The molecule has 8 nitrogen and oxygen atoms in total. The number of nitrogens with zero attached hydrogens (tertiary/aromatic N) is 4. The van der Waals surface area contributed by atoms with Crippen molar-refractivity contribution in [3.05, 3.63) is 69.3 Å². The molecule has 0 saturated carbocycles. The molecule has 28 heavy (non-hydrogen) atoms. The summed E-state index contributed by atoms with van der Waals surface area (Å²) in [4.78, 5) is 13.9. The zero-order valence-corrected chi connectivity index (χ0v) is 14.9. The van der Waals surface area contributed by atoms with Crippen LogP contribution < -0.4 is 0 Å². The van der Waals surface area contributed by atoms with Crippen LogP contribution in [0.3, 0.4) is 0 Å². The highest BCUT2D eigenvalue weighted by Crippen LogP contribution is 2.45. The van der Waals surface area contributed by atoms with E-state index in [2.05, 4.69) is 15.2 Å². The van der Waals surface area contributed by atoms with Gasteiger partial charge in [-0.2, -0.15) is 13.2 Å². The topological polar surface area (TPSA) is 114 Å². The zero-order valence-electron chi connectivity index (χ0n) is 14.1. The van der Waals surface area contributed by atoms with Crippen LogP contribution >= 0.6 is 0 Å². The van der Waals surface area contributed by atoms with Crippen molar-refractivity contribution in [2.45, 2.75) is 16.7 Å². The molecule has 1 aliphatic rings. The summed E-state index contributed by atoms with van der Waals surface area (Å²) >= 11 is 0. The SMILES string of the molecule is CS(=O)(=O)c1ccc(C2(c3ccc([N+](=O)[O-])cc3C(F)(F)F)N=CN=N2)cc1. The molecular formula is C16H11F3N4O4S. The molecule has 0 spiro atoms. The number of azo groups is 1. The van der Waals surface area contributed by atoms with E-state index in [1.165, 1.54) is 24.3 Å². The van der Waals surface area contributed by atoms with Crippen LogP contribution in [0.4, 0.5) is 18.9 Å². The Morgan fingerprint density at radius 2 is 1.75 bits per heavy atom. The van der Waals surface area contributed by atoms with Gasteiger partial charge in [0.2, 0.25) is 5.66 Å². The number of aliphatic imine (C=N–C) groups is 1. The molecule has 1 aliphatic heterocycles. The molecule has 0 aliphatic carbocycles. The molecule has 1 atom stereocenters. The molecule has 0 bridgehead atoms. The zero-order chi connectivity index (χ0) is 20.7. The van der Waals surface area contributed by atoms with Gasteiger partial charge in [0.15, 0.2) is 9.84 Å². The number of halogens is 3. The number of rotatable bonds is 4. The molecule has 0 fully saturated rings. The van der Waals surface area contributed by atoms with Crippen molar-refractivity contribution in [3.8, 4) is 0 Å². The standard InChI is InChI=1S/C16H11F3N4O4S/c1-28(26,27)12-5-2-10(3-6-12)15(20-9-21-22-15)13-7-4-11(23(24)25)8-14(13)16(17,18)19/h2-9H,1H3. The fourth-order valence-corrected chi connectivity index (χ4v) is 3.41. The highest BCUT2D eigenvalue weighted by atomic mass is 32.2. The summed E-state index contributed by atoms with van der Waals surface area (Å²) in [6, 6.07) is 7.24. The lowest BCUT2D eigenvalue weighted by Crippen LogP contribution is -2.25. The van der Waals surface area contributed by atoms with E-state index in [1.807, 2.05) is 0 Å². The molecule has 0 aromatic heterocycles. The Hall–Kier alpha value is -3.15. The third kappa shape index (κ3) is 3.38. The van der Waals surface area contributed by atoms with E-state index in [0.29, 0.717) is 6.07 Å². The predicted molar refractivity (Wildman–Crippen MR) is 91.8 cm³/mol. The number of hydrogen-bond donors (Lipinski definition) is 0. The normalized spacial score (nSPS) is 19.1. The van der Waals surface area contributed by atoms with Gasteiger partial charge in [-0.15, -0.1) is 10.2 Å². The second kappa shape index (κ2) is 6.48. The van der Waals surface area contributed by atoms with Crippen LogP contribution in [0.2, 0.25) is 0 Å². The molecular weight excluding hydrogens is 401 g/mol. The largest absolute Gasteiger partial charge is 0.417 e. The maximum atomic E-state index is 13.6. The van der Waals surface area contributed by atoms with E-state index >= 15 is 0 Å². The Morgan fingerprint density at radius 1 is 1.11 bits per heavy atom. The summed E-state index contributed by atoms with van der Waals surface area (Å²) in [7, 11) is -3.52. The molecule has 1 unspecified atom stereocenters. The van der Waals surface area contributed by atoms with Crippen molar-refractivity contribution in [3.63, 3.8) is 0 Å². The van der Waals surface area contributed by atoms with Gasteiger partial charge in [0, 0.05) is 29.5 Å². The third-order valence-electron chi connectivity index (χ3n) is 4.08. The smallest absolute Gasteiger partial charge is 0.258 e. The average molecular weight is 412 g/mol. The van der Waals surface area contributed by atoms with E-state index in [0.717, 1.165) is 24.7 Å². The number of nitro groups is 1. The quantitative estimate of drug-likeness (QED) is 0.562. The Balaban J connectivity index is 2.25. The molecule has 0 radical (unpaired) electrons. The van der Waals surface area contributed by atoms with E-state index < -0.39 is 43.4 Å². The lowest BCUT2D eigenvalue weighted by molar-refractivity contribution is -0.385. The molecule has 0 N–H and O–H groups in total. The molecule has 0 saturated heterocycles. The molecule has 0 amide bonds. The van der Waals surface area contributed by atoms with Crippen LogP contribution in [-0.2, 0) is 21.7 Å². The number of hydrogen-bond acceptors (Lipinski definition) is 7. The molecule has 3 rings (SSSR count). The Morgan fingerprint density at radius 3 is 2.21 bits per heavy atom. The van der Waals surface area contributed by atoms with Crippen molar-refractivity contribution in [2.75, 3.05) is 6.26 Å². The third-order valence-corrected chi connectivity index (χ3v) is 5.21. The predicted octanol–water partition coefficient (Wildman–Crippen LogP) is 3.71. The summed E-state index contributed by atoms with van der Waals surface area (Å²) < 4.78 is 64.1. The Kier molecular flexibility index (Phi) is 4.54. The first-order chi connectivity index (χ1) is 12.9. The summed E-state index contributed by atoms with van der Waals surface area (Å²) in [5.74, 6) is 0. The van der Waals surface area contributed by atoms with Crippen molar-refractivity contribution < 1.29 is 26.5 Å². The number of benzene rings is 2. The van der Waals surface area contributed by atoms with Crippen LogP contribution in [0.15, 0.2) is 62.6 Å². The van der Waals surface area contributed by atoms with E-state index in [4.69, 9.17) is 0 Å². The van der Waals surface area contributed by atoms with E-state index in [-0.39, 0.29) is 10.5 Å². The van der Waals surface area contributed by atoms with Crippen molar-refractivity contribution in [2.24, 2.45) is 15.2 Å². The van der Waals surface area contributed by atoms with E-state index in [1.54, 1.807) is 0 Å². The second-order valence-corrected chi connectivity index (χ2v) is 7.93. The van der Waals surface area contributed by atoms with Gasteiger partial charge in [-0.3, -0.25) is 10.1 Å². The Bertz CT molecular complexity index is 1100. The fourth-order valence-electron chi connectivity index (χ4n) is 2.77. The van der Waals surface area contributed by atoms with Crippen LogP contribution in [0.25, 0.3) is 0 Å². The van der Waals surface area contributed by atoms with Gasteiger partial charge in [0.25, 0.3) is 5.69 Å². The maximum Gasteiger partial charge on any atom is 0.417 e. The monoisotopic (exact) mass is 412 g/mol. The van der Waals surface area contributed by atoms with Gasteiger partial charge < -0.3 is 0 Å². The minimum Gasteiger partial charge on any atom is -0.258 e. The molecule has 1 heterocycles. The van der Waals surface area contributed by atoms with Gasteiger partial charge in [-0.1, -0.05) is 12.1 Å².